The minimum atomic E-state index is -0.430. The van der Waals surface area contributed by atoms with Crippen LogP contribution >= 0.6 is 12.4 Å². The smallest absolute Gasteiger partial charge is 0.222 e. The van der Waals surface area contributed by atoms with Gasteiger partial charge >= 0.3 is 0 Å². The lowest BCUT2D eigenvalue weighted by Gasteiger charge is -2.27. The molecule has 0 aromatic rings. The highest BCUT2D eigenvalue weighted by Gasteiger charge is 2.46. The minimum absolute atomic E-state index is 0. The van der Waals surface area contributed by atoms with Crippen molar-refractivity contribution in [3.63, 3.8) is 0 Å². The first-order chi connectivity index (χ1) is 21.0. The lowest BCUT2D eigenvalue weighted by atomic mass is 9.86. The van der Waals surface area contributed by atoms with Crippen molar-refractivity contribution in [3.8, 4) is 0 Å². The van der Waals surface area contributed by atoms with Crippen molar-refractivity contribution in [2.45, 2.75) is 206 Å². The van der Waals surface area contributed by atoms with Crippen molar-refractivity contribution in [1.29, 1.82) is 0 Å². The summed E-state index contributed by atoms with van der Waals surface area (Å²) in [4.78, 5) is 27.0. The molecule has 2 amide bonds. The van der Waals surface area contributed by atoms with E-state index in [2.05, 4.69) is 18.7 Å². The predicted molar refractivity (Wildman–Crippen MR) is 193 cm³/mol. The summed E-state index contributed by atoms with van der Waals surface area (Å²) in [5, 5.41) is 0. The molecule has 262 valence electrons. The molecule has 1 rings (SSSR count). The Bertz CT molecular complexity index is 662. The van der Waals surface area contributed by atoms with Crippen LogP contribution in [0, 0.1) is 11.8 Å². The lowest BCUT2D eigenvalue weighted by molar-refractivity contribution is -0.130. The first-order valence-electron chi connectivity index (χ1n) is 19.4. The molecule has 1 heterocycles. The summed E-state index contributed by atoms with van der Waals surface area (Å²) < 4.78 is 0. The molecule has 0 spiro atoms. The van der Waals surface area contributed by atoms with Crippen molar-refractivity contribution in [2.24, 2.45) is 23.3 Å². The van der Waals surface area contributed by atoms with Crippen LogP contribution < -0.4 is 11.5 Å². The van der Waals surface area contributed by atoms with Crippen molar-refractivity contribution >= 4 is 24.2 Å². The normalized spacial score (nSPS) is 18.5. The SMILES string of the molecule is CCCCCCCCCCCCCCCCC1C(C(N)=O)C(C(N)=O)CN1CCCCCCCCCCCCCCCC.Cl. The molecule has 4 N–H and O–H groups in total. The van der Waals surface area contributed by atoms with Crippen molar-refractivity contribution in [3.05, 3.63) is 0 Å². The maximum absolute atomic E-state index is 12.4. The monoisotopic (exact) mass is 642 g/mol. The Hall–Kier alpha value is -0.810. The van der Waals surface area contributed by atoms with Gasteiger partial charge < -0.3 is 11.5 Å². The van der Waals surface area contributed by atoms with Crippen LogP contribution in [0.1, 0.15) is 200 Å². The van der Waals surface area contributed by atoms with Gasteiger partial charge in [-0.05, 0) is 19.4 Å². The van der Waals surface area contributed by atoms with Crippen molar-refractivity contribution < 1.29 is 9.59 Å². The highest BCUT2D eigenvalue weighted by atomic mass is 35.5. The Balaban J connectivity index is 0.0000185. The second kappa shape index (κ2) is 30.8. The van der Waals surface area contributed by atoms with Gasteiger partial charge in [0.25, 0.3) is 0 Å². The highest BCUT2D eigenvalue weighted by Crippen LogP contribution is 2.33. The lowest BCUT2D eigenvalue weighted by Crippen LogP contribution is -2.41. The zero-order valence-corrected chi connectivity index (χ0v) is 30.3. The fourth-order valence-corrected chi connectivity index (χ4v) is 7.33. The molecule has 0 radical (unpaired) electrons. The van der Waals surface area contributed by atoms with E-state index in [4.69, 9.17) is 11.5 Å². The number of primary amides is 2. The Kier molecular flexibility index (Phi) is 30.3. The van der Waals surface area contributed by atoms with E-state index >= 15 is 0 Å². The molecule has 0 aromatic carbocycles. The van der Waals surface area contributed by atoms with Crippen LogP contribution in [0.15, 0.2) is 0 Å². The highest BCUT2D eigenvalue weighted by molar-refractivity contribution is 5.87. The molecule has 1 fully saturated rings. The molecule has 3 atom stereocenters. The maximum Gasteiger partial charge on any atom is 0.222 e. The first kappa shape index (κ1) is 43.2. The molecule has 44 heavy (non-hydrogen) atoms. The van der Waals surface area contributed by atoms with Gasteiger partial charge in [-0.25, -0.2) is 0 Å². The van der Waals surface area contributed by atoms with Crippen LogP contribution in [0.25, 0.3) is 0 Å². The van der Waals surface area contributed by atoms with Gasteiger partial charge in [-0.2, -0.15) is 0 Å². The predicted octanol–water partition coefficient (Wildman–Crippen LogP) is 10.6. The van der Waals surface area contributed by atoms with Crippen LogP contribution in [0.3, 0.4) is 0 Å². The molecule has 0 bridgehead atoms. The number of hydrogen-bond donors (Lipinski definition) is 2. The summed E-state index contributed by atoms with van der Waals surface area (Å²) in [7, 11) is 0. The molecule has 6 heteroatoms. The number of likely N-dealkylation sites (tertiary alicyclic amines) is 1. The van der Waals surface area contributed by atoms with Crippen LogP contribution in [0.2, 0.25) is 0 Å². The average Bonchev–Trinajstić information content (AvgIpc) is 3.36. The van der Waals surface area contributed by atoms with Gasteiger partial charge in [0.05, 0.1) is 11.8 Å². The topological polar surface area (TPSA) is 89.4 Å². The number of carbonyl (C=O) groups excluding carboxylic acids is 2. The average molecular weight is 642 g/mol. The molecule has 0 aromatic heterocycles. The molecular formula is C38H76ClN3O2. The summed E-state index contributed by atoms with van der Waals surface area (Å²) in [6.07, 6.45) is 38.6. The van der Waals surface area contributed by atoms with Gasteiger partial charge in [0, 0.05) is 12.6 Å². The fourth-order valence-electron chi connectivity index (χ4n) is 7.33. The summed E-state index contributed by atoms with van der Waals surface area (Å²) >= 11 is 0. The van der Waals surface area contributed by atoms with Gasteiger partial charge in [0.1, 0.15) is 0 Å². The first-order valence-corrected chi connectivity index (χ1v) is 19.4. The van der Waals surface area contributed by atoms with E-state index in [1.165, 1.54) is 167 Å². The van der Waals surface area contributed by atoms with Crippen molar-refractivity contribution in [1.82, 2.24) is 4.90 Å². The van der Waals surface area contributed by atoms with Crippen LogP contribution in [0.4, 0.5) is 0 Å². The molecular weight excluding hydrogens is 566 g/mol. The quantitative estimate of drug-likeness (QED) is 0.0716. The van der Waals surface area contributed by atoms with E-state index in [1.807, 2.05) is 0 Å². The van der Waals surface area contributed by atoms with E-state index in [0.29, 0.717) is 6.54 Å². The Morgan fingerprint density at radius 3 is 1.14 bits per heavy atom. The zero-order valence-electron chi connectivity index (χ0n) is 29.5. The summed E-state index contributed by atoms with van der Waals surface area (Å²) in [6.45, 7) is 6.12. The standard InChI is InChI=1S/C38H75N3O2.ClH/c1-3-5-7-9-11-13-15-17-19-21-23-25-27-29-31-35-36(38(40)43)34(37(39)42)33-41(35)32-30-28-26-24-22-20-18-16-14-12-10-8-6-4-2;/h34-36H,3-33H2,1-2H3,(H2,39,42)(H2,40,43);1H. The van der Waals surface area contributed by atoms with Crippen molar-refractivity contribution in [2.75, 3.05) is 13.1 Å². The van der Waals surface area contributed by atoms with Gasteiger partial charge in [-0.3, -0.25) is 14.5 Å². The van der Waals surface area contributed by atoms with Crippen LogP contribution in [-0.4, -0.2) is 35.8 Å². The maximum atomic E-state index is 12.4. The molecule has 0 saturated carbocycles. The van der Waals surface area contributed by atoms with E-state index < -0.39 is 11.8 Å². The van der Waals surface area contributed by atoms with Gasteiger partial charge in [-0.1, -0.05) is 187 Å². The number of hydrogen-bond acceptors (Lipinski definition) is 3. The molecule has 5 nitrogen and oxygen atoms in total. The summed E-state index contributed by atoms with van der Waals surface area (Å²) in [5.74, 6) is -1.56. The number of halogens is 1. The summed E-state index contributed by atoms with van der Waals surface area (Å²) in [5.41, 5.74) is 11.6. The molecule has 1 aliphatic rings. The number of unbranched alkanes of at least 4 members (excludes halogenated alkanes) is 26. The van der Waals surface area contributed by atoms with E-state index in [9.17, 15) is 9.59 Å². The third kappa shape index (κ3) is 21.8. The van der Waals surface area contributed by atoms with Crippen LogP contribution in [0.5, 0.6) is 0 Å². The minimum Gasteiger partial charge on any atom is -0.369 e. The molecule has 3 unspecified atom stereocenters. The molecule has 1 saturated heterocycles. The van der Waals surface area contributed by atoms with Gasteiger partial charge in [0.2, 0.25) is 11.8 Å². The Morgan fingerprint density at radius 2 is 0.818 bits per heavy atom. The van der Waals surface area contributed by atoms with Gasteiger partial charge in [0.15, 0.2) is 0 Å². The summed E-state index contributed by atoms with van der Waals surface area (Å²) in [6, 6.07) is 0.0781. The largest absolute Gasteiger partial charge is 0.369 e. The second-order valence-corrected chi connectivity index (χ2v) is 14.0. The Labute approximate surface area is 280 Å². The molecule has 0 aliphatic carbocycles. The third-order valence-corrected chi connectivity index (χ3v) is 10.1. The molecule has 1 aliphatic heterocycles. The third-order valence-electron chi connectivity index (χ3n) is 10.1. The van der Waals surface area contributed by atoms with E-state index in [1.54, 1.807) is 0 Å². The van der Waals surface area contributed by atoms with Crippen LogP contribution in [-0.2, 0) is 9.59 Å². The number of rotatable bonds is 32. The number of carbonyl (C=O) groups is 2. The Morgan fingerprint density at radius 1 is 0.500 bits per heavy atom. The zero-order chi connectivity index (χ0) is 31.4. The number of nitrogens with two attached hydrogens (primary N) is 2. The number of nitrogens with zero attached hydrogens (tertiary/aromatic N) is 1. The van der Waals surface area contributed by atoms with E-state index in [-0.39, 0.29) is 30.3 Å². The van der Waals surface area contributed by atoms with Gasteiger partial charge in [-0.15, -0.1) is 12.4 Å². The second-order valence-electron chi connectivity index (χ2n) is 14.0. The fraction of sp³-hybridized carbons (Fsp3) is 0.947. The number of amides is 2. The van der Waals surface area contributed by atoms with E-state index in [0.717, 1.165) is 25.8 Å².